The van der Waals surface area contributed by atoms with Gasteiger partial charge in [0.2, 0.25) is 11.9 Å². The molecule has 8 heteroatoms. The van der Waals surface area contributed by atoms with Crippen LogP contribution in [0.15, 0.2) is 36.5 Å². The van der Waals surface area contributed by atoms with E-state index in [1.54, 1.807) is 6.20 Å². The molecule has 0 unspecified atom stereocenters. The quantitative estimate of drug-likeness (QED) is 0.668. The maximum Gasteiger partial charge on any atom is 0.224 e. The summed E-state index contributed by atoms with van der Waals surface area (Å²) in [7, 11) is 3.80. The van der Waals surface area contributed by atoms with Crippen molar-refractivity contribution in [1.82, 2.24) is 24.8 Å². The summed E-state index contributed by atoms with van der Waals surface area (Å²) in [5.41, 5.74) is 2.04. The highest BCUT2D eigenvalue weighted by molar-refractivity contribution is 5.77. The van der Waals surface area contributed by atoms with Crippen molar-refractivity contribution in [3.8, 4) is 0 Å². The van der Waals surface area contributed by atoms with E-state index in [-0.39, 0.29) is 5.91 Å². The van der Waals surface area contributed by atoms with Crippen molar-refractivity contribution >= 4 is 28.7 Å². The summed E-state index contributed by atoms with van der Waals surface area (Å²) in [5.74, 6) is 2.94. The zero-order chi connectivity index (χ0) is 20.2. The lowest BCUT2D eigenvalue weighted by Crippen LogP contribution is -2.36. The lowest BCUT2D eigenvalue weighted by atomic mass is 9.93. The van der Waals surface area contributed by atoms with Crippen molar-refractivity contribution in [2.24, 2.45) is 13.0 Å². The zero-order valence-corrected chi connectivity index (χ0v) is 16.9. The van der Waals surface area contributed by atoms with Crippen LogP contribution in [0.1, 0.15) is 25.1 Å². The maximum absolute atomic E-state index is 12.5. The van der Waals surface area contributed by atoms with Crippen molar-refractivity contribution in [3.05, 3.63) is 42.4 Å². The van der Waals surface area contributed by atoms with Crippen molar-refractivity contribution in [1.29, 1.82) is 0 Å². The summed E-state index contributed by atoms with van der Waals surface area (Å²) in [4.78, 5) is 28.0. The number of anilines is 2. The molecule has 0 aliphatic carbocycles. The number of nitrogens with zero attached hydrogens (tertiary/aromatic N) is 5. The maximum atomic E-state index is 12.5. The molecule has 29 heavy (non-hydrogen) atoms. The average molecular weight is 393 g/mol. The Kier molecular flexibility index (Phi) is 5.59. The Balaban J connectivity index is 1.27. The monoisotopic (exact) mass is 393 g/mol. The molecule has 2 aromatic heterocycles. The van der Waals surface area contributed by atoms with Crippen LogP contribution in [-0.2, 0) is 18.4 Å². The highest BCUT2D eigenvalue weighted by Crippen LogP contribution is 2.24. The number of amides is 1. The summed E-state index contributed by atoms with van der Waals surface area (Å²) in [5, 5.41) is 6.01. The molecule has 1 aliphatic rings. The third kappa shape index (κ3) is 4.31. The van der Waals surface area contributed by atoms with Crippen LogP contribution >= 0.6 is 0 Å². The van der Waals surface area contributed by atoms with Crippen LogP contribution < -0.4 is 15.5 Å². The van der Waals surface area contributed by atoms with Gasteiger partial charge in [-0.05, 0) is 37.0 Å². The molecule has 152 valence electrons. The van der Waals surface area contributed by atoms with Gasteiger partial charge in [0.15, 0.2) is 0 Å². The predicted octanol–water partition coefficient (Wildman–Crippen LogP) is 2.33. The molecule has 3 heterocycles. The molecule has 2 N–H and O–H groups in total. The van der Waals surface area contributed by atoms with E-state index in [2.05, 4.69) is 30.5 Å². The smallest absolute Gasteiger partial charge is 0.224 e. The second kappa shape index (κ2) is 8.46. The Morgan fingerprint density at radius 2 is 1.97 bits per heavy atom. The fourth-order valence-corrected chi connectivity index (χ4v) is 3.88. The van der Waals surface area contributed by atoms with Crippen LogP contribution in [0.3, 0.4) is 0 Å². The molecule has 1 amide bonds. The molecule has 1 aromatic carbocycles. The number of aromatic nitrogens is 4. The molecular weight excluding hydrogens is 366 g/mol. The van der Waals surface area contributed by atoms with Crippen molar-refractivity contribution in [2.45, 2.75) is 25.8 Å². The lowest BCUT2D eigenvalue weighted by molar-refractivity contribution is -0.122. The number of benzene rings is 1. The molecule has 1 aliphatic heterocycles. The number of hydrogen-bond acceptors (Lipinski definition) is 6. The number of rotatable bonds is 6. The van der Waals surface area contributed by atoms with Crippen LogP contribution in [0.2, 0.25) is 0 Å². The molecule has 8 nitrogen and oxygen atoms in total. The number of piperidine rings is 1. The number of hydrogen-bond donors (Lipinski definition) is 2. The third-order valence-corrected chi connectivity index (χ3v) is 5.60. The van der Waals surface area contributed by atoms with Crippen molar-refractivity contribution < 1.29 is 4.79 Å². The van der Waals surface area contributed by atoms with Gasteiger partial charge < -0.3 is 20.1 Å². The fourth-order valence-electron chi connectivity index (χ4n) is 3.88. The first kappa shape index (κ1) is 19.2. The molecule has 0 radical (unpaired) electrons. The van der Waals surface area contributed by atoms with Crippen LogP contribution in [0.4, 0.5) is 11.8 Å². The fraction of sp³-hybridized carbons (Fsp3) is 0.429. The van der Waals surface area contributed by atoms with E-state index in [1.807, 2.05) is 49.0 Å². The van der Waals surface area contributed by atoms with Gasteiger partial charge in [-0.1, -0.05) is 12.1 Å². The Labute approximate surface area is 170 Å². The Hall–Kier alpha value is -3.16. The summed E-state index contributed by atoms with van der Waals surface area (Å²) in [6, 6.07) is 9.94. The Morgan fingerprint density at radius 1 is 1.17 bits per heavy atom. The van der Waals surface area contributed by atoms with Crippen LogP contribution in [0, 0.1) is 5.92 Å². The number of para-hydroxylation sites is 2. The molecule has 0 atom stereocenters. The van der Waals surface area contributed by atoms with E-state index >= 15 is 0 Å². The van der Waals surface area contributed by atoms with Crippen LogP contribution in [-0.4, -0.2) is 45.6 Å². The van der Waals surface area contributed by atoms with Gasteiger partial charge in [-0.2, -0.15) is 4.98 Å². The van der Waals surface area contributed by atoms with E-state index < -0.39 is 0 Å². The van der Waals surface area contributed by atoms with E-state index in [4.69, 9.17) is 0 Å². The van der Waals surface area contributed by atoms with E-state index in [0.717, 1.165) is 48.6 Å². The van der Waals surface area contributed by atoms with Gasteiger partial charge in [0.25, 0.3) is 0 Å². The molecule has 0 bridgehead atoms. The van der Waals surface area contributed by atoms with Gasteiger partial charge in [-0.25, -0.2) is 9.97 Å². The normalized spacial score (nSPS) is 14.9. The molecule has 1 saturated heterocycles. The second-order valence-electron chi connectivity index (χ2n) is 7.48. The highest BCUT2D eigenvalue weighted by atomic mass is 16.1. The topological polar surface area (TPSA) is 88.0 Å². The minimum Gasteiger partial charge on any atom is -0.357 e. The predicted molar refractivity (Wildman–Crippen MR) is 114 cm³/mol. The largest absolute Gasteiger partial charge is 0.357 e. The SMILES string of the molecule is CNc1nccc(N2CCC(CC(=O)NCc3nc4ccccc4n3C)CC2)n1. The minimum absolute atomic E-state index is 0.0926. The number of fused-ring (bicyclic) bond motifs is 1. The van der Waals surface area contributed by atoms with Gasteiger partial charge in [0.1, 0.15) is 11.6 Å². The molecule has 0 saturated carbocycles. The van der Waals surface area contributed by atoms with Crippen molar-refractivity contribution in [2.75, 3.05) is 30.4 Å². The van der Waals surface area contributed by atoms with Crippen molar-refractivity contribution in [3.63, 3.8) is 0 Å². The van der Waals surface area contributed by atoms with Gasteiger partial charge in [0.05, 0.1) is 17.6 Å². The molecule has 3 aromatic rings. The van der Waals surface area contributed by atoms with E-state index in [1.165, 1.54) is 0 Å². The Bertz CT molecular complexity index is 992. The highest BCUT2D eigenvalue weighted by Gasteiger charge is 2.22. The molecular formula is C21H27N7O. The molecule has 0 spiro atoms. The van der Waals surface area contributed by atoms with Crippen LogP contribution in [0.25, 0.3) is 11.0 Å². The number of aryl methyl sites for hydroxylation is 1. The standard InChI is InChI=1S/C21H27N7O/c1-22-21-23-10-7-18(26-21)28-11-8-15(9-12-28)13-20(29)24-14-19-25-16-5-3-4-6-17(16)27(19)2/h3-7,10,15H,8-9,11-14H2,1-2H3,(H,24,29)(H,22,23,26). The number of imidazole rings is 1. The lowest BCUT2D eigenvalue weighted by Gasteiger charge is -2.32. The van der Waals surface area contributed by atoms with Crippen LogP contribution in [0.5, 0.6) is 0 Å². The summed E-state index contributed by atoms with van der Waals surface area (Å²) in [6.45, 7) is 2.27. The summed E-state index contributed by atoms with van der Waals surface area (Å²) in [6.07, 6.45) is 4.30. The first-order chi connectivity index (χ1) is 14.1. The first-order valence-corrected chi connectivity index (χ1v) is 10.1. The van der Waals surface area contributed by atoms with Gasteiger partial charge in [0, 0.05) is 39.8 Å². The van der Waals surface area contributed by atoms with Gasteiger partial charge in [-0.15, -0.1) is 0 Å². The van der Waals surface area contributed by atoms with E-state index in [9.17, 15) is 4.79 Å². The Morgan fingerprint density at radius 3 is 2.72 bits per heavy atom. The molecule has 1 fully saturated rings. The van der Waals surface area contributed by atoms with E-state index in [0.29, 0.717) is 24.8 Å². The van der Waals surface area contributed by atoms with Gasteiger partial charge >= 0.3 is 0 Å². The molecule has 4 rings (SSSR count). The second-order valence-corrected chi connectivity index (χ2v) is 7.48. The third-order valence-electron chi connectivity index (χ3n) is 5.60. The zero-order valence-electron chi connectivity index (χ0n) is 16.9. The first-order valence-electron chi connectivity index (χ1n) is 10.1. The summed E-state index contributed by atoms with van der Waals surface area (Å²) >= 11 is 0. The minimum atomic E-state index is 0.0926. The number of carbonyl (C=O) groups excluding carboxylic acids is 1. The number of carbonyl (C=O) groups is 1. The van der Waals surface area contributed by atoms with Gasteiger partial charge in [-0.3, -0.25) is 4.79 Å². The summed E-state index contributed by atoms with van der Waals surface area (Å²) < 4.78 is 2.04. The average Bonchev–Trinajstić information content (AvgIpc) is 3.09. The number of nitrogens with one attached hydrogen (secondary N) is 2.